The molecule has 2 heterocycles. The Morgan fingerprint density at radius 3 is 1.93 bits per heavy atom. The number of amides is 1. The van der Waals surface area contributed by atoms with Gasteiger partial charge in [-0.2, -0.15) is 21.8 Å². The van der Waals surface area contributed by atoms with E-state index in [0.717, 1.165) is 12.8 Å². The molecule has 0 spiro atoms. The first-order valence-electron chi connectivity index (χ1n) is 10.2. The summed E-state index contributed by atoms with van der Waals surface area (Å²) >= 11 is 0. The Kier molecular flexibility index (Phi) is 7.18. The molecule has 1 aromatic carbocycles. The number of carbonyl (C=O) groups is 1. The summed E-state index contributed by atoms with van der Waals surface area (Å²) < 4.78 is 56.2. The monoisotopic (exact) mass is 458 g/mol. The molecule has 11 heteroatoms. The average Bonchev–Trinajstić information content (AvgIpc) is 3.28. The first kappa shape index (κ1) is 23.1. The van der Waals surface area contributed by atoms with E-state index in [1.165, 1.54) is 20.7 Å². The van der Waals surface area contributed by atoms with E-state index in [9.17, 15) is 21.6 Å². The highest BCUT2D eigenvalue weighted by molar-refractivity contribution is 7.89. The molecule has 0 aliphatic carbocycles. The molecule has 0 aromatic heterocycles. The summed E-state index contributed by atoms with van der Waals surface area (Å²) in [5.74, 6) is -0.593. The van der Waals surface area contributed by atoms with Crippen LogP contribution in [0, 0.1) is 5.92 Å². The lowest BCUT2D eigenvalue weighted by Crippen LogP contribution is -2.58. The summed E-state index contributed by atoms with van der Waals surface area (Å²) in [5, 5.41) is 0. The van der Waals surface area contributed by atoms with Crippen molar-refractivity contribution in [2.75, 3.05) is 39.3 Å². The zero-order valence-electron chi connectivity index (χ0n) is 17.4. The summed E-state index contributed by atoms with van der Waals surface area (Å²) in [6.45, 7) is 5.54. The standard InChI is InChI=1S/C19H30N4O5S2/c1-16(2)18(20-29(25,26)17-8-4-3-5-9-17)19(24)21-12-14-23(15-13-21)30(27,28)22-10-6-7-11-22/h3-5,8-9,16,18,20H,6-7,10-15H2,1-2H3/t18-/m1/s1. The molecule has 2 fully saturated rings. The highest BCUT2D eigenvalue weighted by atomic mass is 32.2. The fourth-order valence-corrected chi connectivity index (χ4v) is 6.75. The maximum absolute atomic E-state index is 13.1. The molecule has 3 rings (SSSR count). The van der Waals surface area contributed by atoms with E-state index in [1.807, 2.05) is 0 Å². The number of nitrogens with zero attached hydrogens (tertiary/aromatic N) is 3. The minimum Gasteiger partial charge on any atom is -0.339 e. The van der Waals surface area contributed by atoms with Crippen LogP contribution in [0.1, 0.15) is 26.7 Å². The van der Waals surface area contributed by atoms with Crippen molar-refractivity contribution in [3.8, 4) is 0 Å². The SMILES string of the molecule is CC(C)[C@@H](NS(=O)(=O)c1ccccc1)C(=O)N1CCN(S(=O)(=O)N2CCCC2)CC1. The number of hydrogen-bond donors (Lipinski definition) is 1. The van der Waals surface area contributed by atoms with E-state index >= 15 is 0 Å². The molecule has 9 nitrogen and oxygen atoms in total. The van der Waals surface area contributed by atoms with Crippen LogP contribution >= 0.6 is 0 Å². The zero-order valence-corrected chi connectivity index (χ0v) is 19.0. The van der Waals surface area contributed by atoms with Gasteiger partial charge in [0.1, 0.15) is 6.04 Å². The minimum absolute atomic E-state index is 0.102. The van der Waals surface area contributed by atoms with Crippen LogP contribution in [-0.4, -0.2) is 81.6 Å². The molecule has 0 unspecified atom stereocenters. The number of nitrogens with one attached hydrogen (secondary N) is 1. The van der Waals surface area contributed by atoms with Gasteiger partial charge in [0.2, 0.25) is 15.9 Å². The second-order valence-corrected chi connectivity index (χ2v) is 11.6. The number of sulfonamides is 1. The third kappa shape index (κ3) is 5.02. The summed E-state index contributed by atoms with van der Waals surface area (Å²) in [6, 6.07) is 7.01. The highest BCUT2D eigenvalue weighted by Gasteiger charge is 2.37. The summed E-state index contributed by atoms with van der Waals surface area (Å²) in [7, 11) is -7.34. The number of rotatable bonds is 7. The summed E-state index contributed by atoms with van der Waals surface area (Å²) in [4.78, 5) is 14.7. The Morgan fingerprint density at radius 1 is 0.867 bits per heavy atom. The molecular weight excluding hydrogens is 428 g/mol. The molecule has 30 heavy (non-hydrogen) atoms. The Bertz CT molecular complexity index is 936. The lowest BCUT2D eigenvalue weighted by atomic mass is 10.0. The molecule has 0 bridgehead atoms. The predicted molar refractivity (Wildman–Crippen MR) is 113 cm³/mol. The molecule has 1 aromatic rings. The van der Waals surface area contributed by atoms with Crippen molar-refractivity contribution in [3.05, 3.63) is 30.3 Å². The van der Waals surface area contributed by atoms with Gasteiger partial charge in [0.15, 0.2) is 0 Å². The number of benzene rings is 1. The van der Waals surface area contributed by atoms with Gasteiger partial charge in [-0.1, -0.05) is 32.0 Å². The molecule has 168 valence electrons. The van der Waals surface area contributed by atoms with Crippen molar-refractivity contribution >= 4 is 26.1 Å². The quantitative estimate of drug-likeness (QED) is 0.639. The minimum atomic E-state index is -3.84. The molecular formula is C19H30N4O5S2. The van der Waals surface area contributed by atoms with E-state index in [2.05, 4.69) is 4.72 Å². The molecule has 1 atom stereocenters. The molecule has 2 aliphatic heterocycles. The number of carbonyl (C=O) groups excluding carboxylic acids is 1. The topological polar surface area (TPSA) is 107 Å². The van der Waals surface area contributed by atoms with Crippen molar-refractivity contribution in [2.45, 2.75) is 37.6 Å². The van der Waals surface area contributed by atoms with Crippen LogP contribution in [0.25, 0.3) is 0 Å². The van der Waals surface area contributed by atoms with E-state index < -0.39 is 26.3 Å². The van der Waals surface area contributed by atoms with Crippen LogP contribution < -0.4 is 4.72 Å². The largest absolute Gasteiger partial charge is 0.339 e. The Balaban J connectivity index is 1.66. The molecule has 2 aliphatic rings. The smallest absolute Gasteiger partial charge is 0.282 e. The Labute approximate surface area is 179 Å². The van der Waals surface area contributed by atoms with Crippen molar-refractivity contribution in [1.29, 1.82) is 0 Å². The Hall–Kier alpha value is -1.53. The first-order chi connectivity index (χ1) is 14.1. The van der Waals surface area contributed by atoms with E-state index in [1.54, 1.807) is 36.9 Å². The van der Waals surface area contributed by atoms with Crippen molar-refractivity contribution < 1.29 is 21.6 Å². The van der Waals surface area contributed by atoms with Gasteiger partial charge in [-0.05, 0) is 30.9 Å². The van der Waals surface area contributed by atoms with Crippen LogP contribution in [0.15, 0.2) is 35.2 Å². The van der Waals surface area contributed by atoms with Gasteiger partial charge in [0.25, 0.3) is 10.2 Å². The van der Waals surface area contributed by atoms with Crippen molar-refractivity contribution in [2.24, 2.45) is 5.92 Å². The molecule has 1 amide bonds. The van der Waals surface area contributed by atoms with Crippen LogP contribution in [0.4, 0.5) is 0 Å². The molecule has 0 saturated carbocycles. The zero-order chi connectivity index (χ0) is 21.9. The van der Waals surface area contributed by atoms with Crippen LogP contribution in [0.2, 0.25) is 0 Å². The van der Waals surface area contributed by atoms with E-state index in [0.29, 0.717) is 13.1 Å². The van der Waals surface area contributed by atoms with Gasteiger partial charge >= 0.3 is 0 Å². The van der Waals surface area contributed by atoms with E-state index in [4.69, 9.17) is 0 Å². The average molecular weight is 459 g/mol. The van der Waals surface area contributed by atoms with Gasteiger partial charge in [-0.3, -0.25) is 4.79 Å². The molecule has 0 radical (unpaired) electrons. The second kappa shape index (κ2) is 9.31. The summed E-state index contributed by atoms with van der Waals surface area (Å²) in [6.07, 6.45) is 1.74. The first-order valence-corrected chi connectivity index (χ1v) is 13.1. The number of hydrogen-bond acceptors (Lipinski definition) is 5. The maximum Gasteiger partial charge on any atom is 0.282 e. The predicted octanol–water partition coefficient (Wildman–Crippen LogP) is 0.474. The van der Waals surface area contributed by atoms with Crippen molar-refractivity contribution in [1.82, 2.24) is 18.2 Å². The van der Waals surface area contributed by atoms with E-state index in [-0.39, 0.29) is 42.9 Å². The van der Waals surface area contributed by atoms with Crippen LogP contribution in [0.5, 0.6) is 0 Å². The Morgan fingerprint density at radius 2 is 1.40 bits per heavy atom. The second-order valence-electron chi connectivity index (χ2n) is 7.99. The molecule has 1 N–H and O–H groups in total. The van der Waals surface area contributed by atoms with Gasteiger partial charge in [0.05, 0.1) is 4.90 Å². The lowest BCUT2D eigenvalue weighted by Gasteiger charge is -2.37. The van der Waals surface area contributed by atoms with Gasteiger partial charge in [-0.15, -0.1) is 0 Å². The molecule has 2 saturated heterocycles. The van der Waals surface area contributed by atoms with Crippen molar-refractivity contribution in [3.63, 3.8) is 0 Å². The normalized spacial score (nSPS) is 20.6. The fraction of sp³-hybridized carbons (Fsp3) is 0.632. The summed E-state index contributed by atoms with van der Waals surface area (Å²) in [5.41, 5.74) is 0. The maximum atomic E-state index is 13.1. The number of piperazine rings is 1. The van der Waals surface area contributed by atoms with Crippen LogP contribution in [-0.2, 0) is 25.0 Å². The fourth-order valence-electron chi connectivity index (χ4n) is 3.72. The third-order valence-corrected chi connectivity index (χ3v) is 9.03. The van der Waals surface area contributed by atoms with Gasteiger partial charge in [-0.25, -0.2) is 8.42 Å². The highest BCUT2D eigenvalue weighted by Crippen LogP contribution is 2.19. The van der Waals surface area contributed by atoms with Gasteiger partial charge in [0, 0.05) is 39.3 Å². The van der Waals surface area contributed by atoms with Gasteiger partial charge < -0.3 is 4.90 Å². The van der Waals surface area contributed by atoms with Crippen LogP contribution in [0.3, 0.4) is 0 Å². The third-order valence-electron chi connectivity index (χ3n) is 5.54. The lowest BCUT2D eigenvalue weighted by molar-refractivity contribution is -0.135.